The van der Waals surface area contributed by atoms with Gasteiger partial charge in [-0.1, -0.05) is 74.0 Å². The van der Waals surface area contributed by atoms with Crippen LogP contribution in [-0.4, -0.2) is 11.1 Å². The fourth-order valence-corrected chi connectivity index (χ4v) is 1.91. The van der Waals surface area contributed by atoms with Gasteiger partial charge in [-0.2, -0.15) is 0 Å². The number of unbranched alkanes of at least 4 members (excludes halogenated alkanes) is 1. The lowest BCUT2D eigenvalue weighted by atomic mass is 10.0. The van der Waals surface area contributed by atoms with Crippen molar-refractivity contribution in [3.63, 3.8) is 0 Å². The molecular formula is C19H24O2. The van der Waals surface area contributed by atoms with E-state index in [1.54, 1.807) is 6.92 Å². The zero-order chi connectivity index (χ0) is 15.5. The van der Waals surface area contributed by atoms with Gasteiger partial charge >= 0.3 is 5.97 Å². The highest BCUT2D eigenvalue weighted by molar-refractivity contribution is 5.75. The summed E-state index contributed by atoms with van der Waals surface area (Å²) in [6.45, 7) is 3.90. The van der Waals surface area contributed by atoms with Gasteiger partial charge in [0.05, 0.1) is 5.92 Å². The molecule has 1 atom stereocenters. The van der Waals surface area contributed by atoms with Gasteiger partial charge in [-0.05, 0) is 30.9 Å². The van der Waals surface area contributed by atoms with E-state index < -0.39 is 11.9 Å². The summed E-state index contributed by atoms with van der Waals surface area (Å²) < 4.78 is 0. The van der Waals surface area contributed by atoms with E-state index in [0.29, 0.717) is 0 Å². The number of benzene rings is 2. The van der Waals surface area contributed by atoms with E-state index in [1.807, 2.05) is 30.3 Å². The molecule has 112 valence electrons. The molecule has 2 rings (SSSR count). The van der Waals surface area contributed by atoms with Gasteiger partial charge < -0.3 is 5.11 Å². The van der Waals surface area contributed by atoms with E-state index in [9.17, 15) is 4.79 Å². The smallest absolute Gasteiger partial charge is 0.310 e. The number of hydrogen-bond donors (Lipinski definition) is 1. The summed E-state index contributed by atoms with van der Waals surface area (Å²) in [5.41, 5.74) is 2.31. The molecule has 2 aromatic carbocycles. The summed E-state index contributed by atoms with van der Waals surface area (Å²) in [5, 5.41) is 8.64. The molecule has 0 spiro atoms. The van der Waals surface area contributed by atoms with Gasteiger partial charge in [0.25, 0.3) is 0 Å². The Balaban J connectivity index is 0.000000211. The first kappa shape index (κ1) is 17.0. The number of carboxylic acid groups (broad SMARTS) is 1. The summed E-state index contributed by atoms with van der Waals surface area (Å²) in [4.78, 5) is 10.5. The van der Waals surface area contributed by atoms with Crippen molar-refractivity contribution in [1.82, 2.24) is 0 Å². The highest BCUT2D eigenvalue weighted by atomic mass is 16.4. The summed E-state index contributed by atoms with van der Waals surface area (Å²) in [7, 11) is 0. The minimum absolute atomic E-state index is 0.406. The van der Waals surface area contributed by atoms with E-state index >= 15 is 0 Å². The van der Waals surface area contributed by atoms with Crippen molar-refractivity contribution in [3.05, 3.63) is 71.8 Å². The monoisotopic (exact) mass is 284 g/mol. The summed E-state index contributed by atoms with van der Waals surface area (Å²) in [6.07, 6.45) is 3.83. The van der Waals surface area contributed by atoms with Crippen molar-refractivity contribution in [1.29, 1.82) is 0 Å². The highest BCUT2D eigenvalue weighted by Crippen LogP contribution is 2.13. The molecule has 0 saturated carbocycles. The van der Waals surface area contributed by atoms with Crippen molar-refractivity contribution in [2.45, 2.75) is 39.0 Å². The van der Waals surface area contributed by atoms with E-state index in [-0.39, 0.29) is 0 Å². The molecule has 0 aliphatic carbocycles. The fourth-order valence-electron chi connectivity index (χ4n) is 1.91. The van der Waals surface area contributed by atoms with Gasteiger partial charge in [0, 0.05) is 0 Å². The maximum Gasteiger partial charge on any atom is 0.310 e. The molecule has 0 aromatic heterocycles. The number of aryl methyl sites for hydroxylation is 1. The molecule has 0 fully saturated rings. The van der Waals surface area contributed by atoms with Crippen LogP contribution in [0.5, 0.6) is 0 Å². The Bertz CT molecular complexity index is 506. The van der Waals surface area contributed by atoms with Gasteiger partial charge in [-0.15, -0.1) is 0 Å². The molecule has 0 radical (unpaired) electrons. The van der Waals surface area contributed by atoms with Crippen LogP contribution in [0.15, 0.2) is 60.7 Å². The van der Waals surface area contributed by atoms with Gasteiger partial charge in [0.2, 0.25) is 0 Å². The Morgan fingerprint density at radius 2 is 1.52 bits per heavy atom. The van der Waals surface area contributed by atoms with Crippen LogP contribution in [0.3, 0.4) is 0 Å². The van der Waals surface area contributed by atoms with Crippen LogP contribution in [0.1, 0.15) is 43.7 Å². The molecule has 0 aliphatic heterocycles. The first-order valence-corrected chi connectivity index (χ1v) is 7.46. The quantitative estimate of drug-likeness (QED) is 0.847. The zero-order valence-electron chi connectivity index (χ0n) is 12.8. The van der Waals surface area contributed by atoms with E-state index in [1.165, 1.54) is 24.8 Å². The van der Waals surface area contributed by atoms with Crippen LogP contribution >= 0.6 is 0 Å². The van der Waals surface area contributed by atoms with Crippen molar-refractivity contribution >= 4 is 5.97 Å². The lowest BCUT2D eigenvalue weighted by Crippen LogP contribution is -2.06. The fraction of sp³-hybridized carbons (Fsp3) is 0.316. The minimum Gasteiger partial charge on any atom is -0.481 e. The summed E-state index contributed by atoms with van der Waals surface area (Å²) in [6, 6.07) is 19.8. The molecule has 21 heavy (non-hydrogen) atoms. The number of carbonyl (C=O) groups is 1. The Morgan fingerprint density at radius 3 is 2.00 bits per heavy atom. The number of carboxylic acids is 1. The van der Waals surface area contributed by atoms with Crippen molar-refractivity contribution < 1.29 is 9.90 Å². The minimum atomic E-state index is -0.781. The topological polar surface area (TPSA) is 37.3 Å². The van der Waals surface area contributed by atoms with Gasteiger partial charge in [0.15, 0.2) is 0 Å². The third-order valence-electron chi connectivity index (χ3n) is 3.33. The van der Waals surface area contributed by atoms with Crippen molar-refractivity contribution in [3.8, 4) is 0 Å². The molecule has 1 unspecified atom stereocenters. The summed E-state index contributed by atoms with van der Waals surface area (Å²) in [5.74, 6) is -1.19. The molecule has 0 amide bonds. The Labute approximate surface area is 127 Å². The normalized spacial score (nSPS) is 11.1. The van der Waals surface area contributed by atoms with E-state index in [2.05, 4.69) is 37.3 Å². The van der Waals surface area contributed by atoms with Crippen LogP contribution in [0.25, 0.3) is 0 Å². The average molecular weight is 284 g/mol. The van der Waals surface area contributed by atoms with Crippen LogP contribution in [0.2, 0.25) is 0 Å². The van der Waals surface area contributed by atoms with Crippen LogP contribution < -0.4 is 0 Å². The lowest BCUT2D eigenvalue weighted by Gasteiger charge is -2.04. The first-order chi connectivity index (χ1) is 10.1. The maximum absolute atomic E-state index is 10.5. The predicted octanol–water partition coefficient (Wildman–Crippen LogP) is 4.90. The largest absolute Gasteiger partial charge is 0.481 e. The standard InChI is InChI=1S/C10H14.C9H10O2/c1-2-3-7-10-8-5-4-6-9-10;1-7(9(10)11)8-5-3-2-4-6-8/h4-6,8-9H,2-3,7H2,1H3;2-7H,1H3,(H,10,11). The van der Waals surface area contributed by atoms with Gasteiger partial charge in [-0.25, -0.2) is 0 Å². The van der Waals surface area contributed by atoms with Crippen molar-refractivity contribution in [2.24, 2.45) is 0 Å². The third-order valence-corrected chi connectivity index (χ3v) is 3.33. The molecule has 1 N–H and O–H groups in total. The number of hydrogen-bond acceptors (Lipinski definition) is 1. The Kier molecular flexibility index (Phi) is 7.88. The molecule has 0 heterocycles. The molecule has 2 aromatic rings. The summed E-state index contributed by atoms with van der Waals surface area (Å²) >= 11 is 0. The Morgan fingerprint density at radius 1 is 1.00 bits per heavy atom. The average Bonchev–Trinajstić information content (AvgIpc) is 2.54. The van der Waals surface area contributed by atoms with Crippen LogP contribution in [0.4, 0.5) is 0 Å². The van der Waals surface area contributed by atoms with Gasteiger partial charge in [-0.3, -0.25) is 4.79 Å². The molecule has 0 aliphatic rings. The molecule has 2 nitrogen and oxygen atoms in total. The Hall–Kier alpha value is -2.09. The second-order valence-electron chi connectivity index (χ2n) is 5.06. The molecule has 0 bridgehead atoms. The number of aliphatic carboxylic acids is 1. The molecule has 0 saturated heterocycles. The van der Waals surface area contributed by atoms with Crippen LogP contribution in [0, 0.1) is 0 Å². The SMILES string of the molecule is CC(C(=O)O)c1ccccc1.CCCCc1ccccc1. The third kappa shape index (κ3) is 6.75. The number of rotatable bonds is 5. The van der Waals surface area contributed by atoms with Crippen LogP contribution in [-0.2, 0) is 11.2 Å². The van der Waals surface area contributed by atoms with E-state index in [0.717, 1.165) is 5.56 Å². The highest BCUT2D eigenvalue weighted by Gasteiger charge is 2.11. The molecular weight excluding hydrogens is 260 g/mol. The predicted molar refractivity (Wildman–Crippen MR) is 87.5 cm³/mol. The zero-order valence-corrected chi connectivity index (χ0v) is 12.8. The second-order valence-corrected chi connectivity index (χ2v) is 5.06. The second kappa shape index (κ2) is 9.76. The lowest BCUT2D eigenvalue weighted by molar-refractivity contribution is -0.138. The maximum atomic E-state index is 10.5. The van der Waals surface area contributed by atoms with Crippen molar-refractivity contribution in [2.75, 3.05) is 0 Å². The first-order valence-electron chi connectivity index (χ1n) is 7.46. The van der Waals surface area contributed by atoms with E-state index in [4.69, 9.17) is 5.11 Å². The van der Waals surface area contributed by atoms with Gasteiger partial charge in [0.1, 0.15) is 0 Å². The molecule has 2 heteroatoms.